The summed E-state index contributed by atoms with van der Waals surface area (Å²) in [5.41, 5.74) is 1.75. The van der Waals surface area contributed by atoms with Crippen LogP contribution in [-0.4, -0.2) is 52.9 Å². The molecule has 134 valence electrons. The SMILES string of the molecule is CCCN1CCC[C@H]1C(=O)N1CCC[C@@H](c2nc3ccccc3o2)C1. The number of carbonyl (C=O) groups is 1. The summed E-state index contributed by atoms with van der Waals surface area (Å²) >= 11 is 0. The zero-order valence-electron chi connectivity index (χ0n) is 15.0. The minimum atomic E-state index is 0.0855. The second-order valence-corrected chi connectivity index (χ2v) is 7.34. The van der Waals surface area contributed by atoms with Crippen molar-refractivity contribution < 1.29 is 9.21 Å². The fourth-order valence-corrected chi connectivity index (χ4v) is 4.31. The van der Waals surface area contributed by atoms with Crippen molar-refractivity contribution in [2.75, 3.05) is 26.2 Å². The smallest absolute Gasteiger partial charge is 0.239 e. The largest absolute Gasteiger partial charge is 0.440 e. The van der Waals surface area contributed by atoms with Crippen LogP contribution < -0.4 is 0 Å². The molecule has 0 radical (unpaired) electrons. The van der Waals surface area contributed by atoms with Crippen LogP contribution in [0.4, 0.5) is 0 Å². The van der Waals surface area contributed by atoms with Gasteiger partial charge in [-0.3, -0.25) is 9.69 Å². The van der Waals surface area contributed by atoms with E-state index in [9.17, 15) is 4.79 Å². The van der Waals surface area contributed by atoms with Crippen molar-refractivity contribution in [1.29, 1.82) is 0 Å². The van der Waals surface area contributed by atoms with Gasteiger partial charge in [0.15, 0.2) is 11.5 Å². The molecular weight excluding hydrogens is 314 g/mol. The minimum absolute atomic E-state index is 0.0855. The molecular formula is C20H27N3O2. The first-order valence-electron chi connectivity index (χ1n) is 9.64. The minimum Gasteiger partial charge on any atom is -0.440 e. The van der Waals surface area contributed by atoms with E-state index in [2.05, 4.69) is 21.7 Å². The van der Waals surface area contributed by atoms with Crippen molar-refractivity contribution in [2.45, 2.75) is 51.0 Å². The molecule has 0 spiro atoms. The number of hydrogen-bond acceptors (Lipinski definition) is 4. The van der Waals surface area contributed by atoms with Crippen LogP contribution >= 0.6 is 0 Å². The highest BCUT2D eigenvalue weighted by Gasteiger charge is 2.36. The molecule has 4 rings (SSSR count). The van der Waals surface area contributed by atoms with Gasteiger partial charge in [-0.2, -0.15) is 0 Å². The summed E-state index contributed by atoms with van der Waals surface area (Å²) < 4.78 is 5.96. The van der Waals surface area contributed by atoms with E-state index in [1.807, 2.05) is 24.3 Å². The van der Waals surface area contributed by atoms with Crippen molar-refractivity contribution in [3.05, 3.63) is 30.2 Å². The van der Waals surface area contributed by atoms with E-state index in [4.69, 9.17) is 4.42 Å². The van der Waals surface area contributed by atoms with Gasteiger partial charge in [0, 0.05) is 13.1 Å². The van der Waals surface area contributed by atoms with E-state index >= 15 is 0 Å². The summed E-state index contributed by atoms with van der Waals surface area (Å²) in [5, 5.41) is 0. The van der Waals surface area contributed by atoms with Crippen LogP contribution in [0.5, 0.6) is 0 Å². The molecule has 2 fully saturated rings. The average molecular weight is 341 g/mol. The predicted molar refractivity (Wildman–Crippen MR) is 97.5 cm³/mol. The lowest BCUT2D eigenvalue weighted by Crippen LogP contribution is -2.49. The third-order valence-electron chi connectivity index (χ3n) is 5.55. The van der Waals surface area contributed by atoms with Gasteiger partial charge in [-0.15, -0.1) is 0 Å². The Morgan fingerprint density at radius 1 is 1.24 bits per heavy atom. The van der Waals surface area contributed by atoms with Crippen LogP contribution in [0.3, 0.4) is 0 Å². The molecule has 1 aromatic heterocycles. The summed E-state index contributed by atoms with van der Waals surface area (Å²) in [6, 6.07) is 7.97. The molecule has 2 aromatic rings. The zero-order valence-corrected chi connectivity index (χ0v) is 15.0. The highest BCUT2D eigenvalue weighted by atomic mass is 16.3. The fraction of sp³-hybridized carbons (Fsp3) is 0.600. The van der Waals surface area contributed by atoms with Crippen molar-refractivity contribution in [2.24, 2.45) is 0 Å². The number of para-hydroxylation sites is 2. The van der Waals surface area contributed by atoms with Gasteiger partial charge >= 0.3 is 0 Å². The predicted octanol–water partition coefficient (Wildman–Crippen LogP) is 3.41. The topological polar surface area (TPSA) is 49.6 Å². The van der Waals surface area contributed by atoms with E-state index in [0.29, 0.717) is 5.91 Å². The van der Waals surface area contributed by atoms with Crippen LogP contribution in [0.15, 0.2) is 28.7 Å². The Balaban J connectivity index is 1.47. The molecule has 0 unspecified atom stereocenters. The zero-order chi connectivity index (χ0) is 17.2. The molecule has 5 nitrogen and oxygen atoms in total. The van der Waals surface area contributed by atoms with Crippen LogP contribution in [0.25, 0.3) is 11.1 Å². The molecule has 0 N–H and O–H groups in total. The van der Waals surface area contributed by atoms with Gasteiger partial charge in [0.05, 0.1) is 12.0 Å². The molecule has 2 aliphatic rings. The first-order chi connectivity index (χ1) is 12.3. The Morgan fingerprint density at radius 2 is 2.08 bits per heavy atom. The van der Waals surface area contributed by atoms with Crippen molar-refractivity contribution in [3.8, 4) is 0 Å². The first-order valence-corrected chi connectivity index (χ1v) is 9.64. The Morgan fingerprint density at radius 3 is 2.92 bits per heavy atom. The summed E-state index contributed by atoms with van der Waals surface area (Å²) in [7, 11) is 0. The second-order valence-electron chi connectivity index (χ2n) is 7.34. The number of rotatable bonds is 4. The monoisotopic (exact) mass is 341 g/mol. The Bertz CT molecular complexity index is 708. The molecule has 0 aliphatic carbocycles. The standard InChI is InChI=1S/C20H27N3O2/c1-2-11-22-12-6-9-17(22)20(24)23-13-5-7-15(14-23)19-21-16-8-3-4-10-18(16)25-19/h3-4,8,10,15,17H,2,5-7,9,11-14H2,1H3/t15-,17+/m1/s1. The maximum atomic E-state index is 13.1. The van der Waals surface area contributed by atoms with Crippen molar-refractivity contribution >= 4 is 17.0 Å². The molecule has 2 aliphatic heterocycles. The summed E-state index contributed by atoms with van der Waals surface area (Å²) in [4.78, 5) is 22.1. The van der Waals surface area contributed by atoms with E-state index in [-0.39, 0.29) is 12.0 Å². The number of likely N-dealkylation sites (tertiary alicyclic amines) is 2. The molecule has 3 heterocycles. The Kier molecular flexibility index (Phi) is 4.75. The number of nitrogens with zero attached hydrogens (tertiary/aromatic N) is 3. The maximum absolute atomic E-state index is 13.1. The highest BCUT2D eigenvalue weighted by molar-refractivity contribution is 5.82. The van der Waals surface area contributed by atoms with Gasteiger partial charge in [0.25, 0.3) is 0 Å². The summed E-state index contributed by atoms with van der Waals surface area (Å²) in [5.74, 6) is 1.31. The van der Waals surface area contributed by atoms with Crippen molar-refractivity contribution in [1.82, 2.24) is 14.8 Å². The second kappa shape index (κ2) is 7.16. The number of oxazole rings is 1. The number of aromatic nitrogens is 1. The average Bonchev–Trinajstić information content (AvgIpc) is 3.28. The molecule has 2 saturated heterocycles. The molecule has 2 atom stereocenters. The fourth-order valence-electron chi connectivity index (χ4n) is 4.31. The van der Waals surface area contributed by atoms with E-state index in [1.54, 1.807) is 0 Å². The van der Waals surface area contributed by atoms with E-state index in [1.165, 1.54) is 0 Å². The lowest BCUT2D eigenvalue weighted by molar-refractivity contribution is -0.137. The van der Waals surface area contributed by atoms with Gasteiger partial charge in [-0.25, -0.2) is 4.98 Å². The number of benzene rings is 1. The molecule has 25 heavy (non-hydrogen) atoms. The van der Waals surface area contributed by atoms with Gasteiger partial charge in [0.1, 0.15) is 5.52 Å². The highest BCUT2D eigenvalue weighted by Crippen LogP contribution is 2.30. The summed E-state index contributed by atoms with van der Waals surface area (Å²) in [6.45, 7) is 5.88. The Labute approximate surface area is 149 Å². The first kappa shape index (κ1) is 16.6. The van der Waals surface area contributed by atoms with Gasteiger partial charge in [-0.05, 0) is 57.3 Å². The quantitative estimate of drug-likeness (QED) is 0.855. The van der Waals surface area contributed by atoms with E-state index in [0.717, 1.165) is 75.3 Å². The Hall–Kier alpha value is -1.88. The van der Waals surface area contributed by atoms with Crippen molar-refractivity contribution in [3.63, 3.8) is 0 Å². The molecule has 5 heteroatoms. The van der Waals surface area contributed by atoms with E-state index < -0.39 is 0 Å². The number of amides is 1. The third kappa shape index (κ3) is 3.30. The number of fused-ring (bicyclic) bond motifs is 1. The maximum Gasteiger partial charge on any atom is 0.239 e. The number of hydrogen-bond donors (Lipinski definition) is 0. The third-order valence-corrected chi connectivity index (χ3v) is 5.55. The molecule has 0 saturated carbocycles. The van der Waals surface area contributed by atoms with Crippen LogP contribution in [-0.2, 0) is 4.79 Å². The number of piperidine rings is 1. The van der Waals surface area contributed by atoms with Gasteiger partial charge in [0.2, 0.25) is 5.91 Å². The lowest BCUT2D eigenvalue weighted by atomic mass is 9.97. The normalized spacial score (nSPS) is 24.9. The lowest BCUT2D eigenvalue weighted by Gasteiger charge is -2.35. The molecule has 0 bridgehead atoms. The molecule has 1 amide bonds. The van der Waals surface area contributed by atoms with Crippen LogP contribution in [0, 0.1) is 0 Å². The summed E-state index contributed by atoms with van der Waals surface area (Å²) in [6.07, 6.45) is 5.31. The number of carbonyl (C=O) groups excluding carboxylic acids is 1. The van der Waals surface area contributed by atoms with Gasteiger partial charge < -0.3 is 9.32 Å². The van der Waals surface area contributed by atoms with Gasteiger partial charge in [-0.1, -0.05) is 19.1 Å². The van der Waals surface area contributed by atoms with Crippen LogP contribution in [0.2, 0.25) is 0 Å². The van der Waals surface area contributed by atoms with Crippen LogP contribution in [0.1, 0.15) is 50.8 Å². The molecule has 1 aromatic carbocycles.